The van der Waals surface area contributed by atoms with E-state index in [1.807, 2.05) is 0 Å². The summed E-state index contributed by atoms with van der Waals surface area (Å²) in [6, 6.07) is 0.947. The summed E-state index contributed by atoms with van der Waals surface area (Å²) < 4.78 is 60.7. The Morgan fingerprint density at radius 3 is 2.65 bits per heavy atom. The van der Waals surface area contributed by atoms with Gasteiger partial charge < -0.3 is 20.3 Å². The molecule has 0 aromatic carbocycles. The molecule has 0 unspecified atom stereocenters. The molecule has 12 heteroatoms. The molecular formula is C19H20F4N4O3S. The summed E-state index contributed by atoms with van der Waals surface area (Å²) in [5.41, 5.74) is -0.973. The molecule has 0 spiro atoms. The number of carbonyl (C=O) groups excluding carboxylic acids is 2. The molecule has 2 N–H and O–H groups in total. The average Bonchev–Trinajstić information content (AvgIpc) is 3.42. The molecule has 2 fully saturated rings. The highest BCUT2D eigenvalue weighted by Crippen LogP contribution is 2.40. The molecule has 2 atom stereocenters. The second-order valence-corrected chi connectivity index (χ2v) is 8.42. The Balaban J connectivity index is 1.58. The summed E-state index contributed by atoms with van der Waals surface area (Å²) in [5, 5.41) is 6.32. The van der Waals surface area contributed by atoms with E-state index in [0.29, 0.717) is 0 Å². The van der Waals surface area contributed by atoms with E-state index in [2.05, 4.69) is 15.6 Å². The van der Waals surface area contributed by atoms with E-state index in [4.69, 9.17) is 4.74 Å². The van der Waals surface area contributed by atoms with Crippen LogP contribution in [0.3, 0.4) is 0 Å². The topological polar surface area (TPSA) is 83.6 Å². The smallest absolute Gasteiger partial charge is 0.417 e. The van der Waals surface area contributed by atoms with Gasteiger partial charge in [-0.25, -0.2) is 14.2 Å². The van der Waals surface area contributed by atoms with Crippen molar-refractivity contribution < 1.29 is 31.9 Å². The minimum Gasteiger partial charge on any atom is -0.443 e. The summed E-state index contributed by atoms with van der Waals surface area (Å²) in [6.07, 6.45) is -6.10. The molecule has 2 aliphatic rings. The number of nitrogens with zero attached hydrogens (tertiary/aromatic N) is 2. The number of alkyl carbamates (subject to hydrolysis) is 1. The van der Waals surface area contributed by atoms with Gasteiger partial charge >= 0.3 is 12.3 Å². The number of hydrogen-bond acceptors (Lipinski definition) is 6. The van der Waals surface area contributed by atoms with E-state index >= 15 is 0 Å². The second-order valence-electron chi connectivity index (χ2n) is 7.55. The molecule has 3 heterocycles. The first kappa shape index (κ1) is 21.6. The minimum absolute atomic E-state index is 0.0293. The maximum Gasteiger partial charge on any atom is 0.417 e. The predicted octanol–water partition coefficient (Wildman–Crippen LogP) is 3.48. The Kier molecular flexibility index (Phi) is 5.67. The van der Waals surface area contributed by atoms with Crippen LogP contribution in [0.4, 0.5) is 28.2 Å². The van der Waals surface area contributed by atoms with Crippen LogP contribution < -0.4 is 15.5 Å². The molecule has 7 nitrogen and oxygen atoms in total. The molecule has 1 saturated carbocycles. The number of pyridine rings is 1. The molecule has 0 radical (unpaired) electrons. The third kappa shape index (κ3) is 4.53. The number of halogens is 4. The summed E-state index contributed by atoms with van der Waals surface area (Å²) in [7, 11) is 1.37. The molecular weight excluding hydrogens is 440 g/mol. The van der Waals surface area contributed by atoms with Crippen molar-refractivity contribution in [1.82, 2.24) is 15.6 Å². The molecule has 1 saturated heterocycles. The van der Waals surface area contributed by atoms with Crippen molar-refractivity contribution in [3.63, 3.8) is 0 Å². The van der Waals surface area contributed by atoms with Gasteiger partial charge in [0, 0.05) is 31.4 Å². The molecule has 1 aliphatic heterocycles. The van der Waals surface area contributed by atoms with Gasteiger partial charge in [-0.2, -0.15) is 13.2 Å². The van der Waals surface area contributed by atoms with Gasteiger partial charge in [0.1, 0.15) is 11.9 Å². The maximum absolute atomic E-state index is 14.7. The summed E-state index contributed by atoms with van der Waals surface area (Å²) in [6.45, 7) is -0.131. The van der Waals surface area contributed by atoms with Gasteiger partial charge in [0.15, 0.2) is 6.17 Å². The van der Waals surface area contributed by atoms with Crippen LogP contribution in [-0.4, -0.2) is 55.4 Å². The number of carbonyl (C=O) groups is 2. The number of thiophene rings is 1. The number of hydrogen-bond donors (Lipinski definition) is 2. The zero-order valence-corrected chi connectivity index (χ0v) is 17.3. The first-order valence-corrected chi connectivity index (χ1v) is 10.6. The van der Waals surface area contributed by atoms with Crippen molar-refractivity contribution in [2.24, 2.45) is 0 Å². The fourth-order valence-electron chi connectivity index (χ4n) is 3.45. The van der Waals surface area contributed by atoms with E-state index in [1.54, 1.807) is 0 Å². The van der Waals surface area contributed by atoms with E-state index in [1.165, 1.54) is 17.3 Å². The molecule has 0 bridgehead atoms. The van der Waals surface area contributed by atoms with Crippen LogP contribution in [0.25, 0.3) is 10.2 Å². The number of anilines is 1. The maximum atomic E-state index is 14.7. The van der Waals surface area contributed by atoms with Crippen molar-refractivity contribution in [3.8, 4) is 0 Å². The standard InChI is InChI=1S/C19H20F4N4O3S/c1-24-17(28)10-8-31-16-11(19(21,22)23)6-14(26-15(10)16)27-5-4-13(12(20)7-27)30-18(29)25-9-2-3-9/h6,8-9,12-13H,2-5,7H2,1H3,(H,24,28)(H,25,29)/t12-,13-/m0/s1. The fraction of sp³-hybridized carbons (Fsp3) is 0.526. The van der Waals surface area contributed by atoms with Crippen LogP contribution in [0.2, 0.25) is 0 Å². The third-order valence-electron chi connectivity index (χ3n) is 5.25. The van der Waals surface area contributed by atoms with Crippen molar-refractivity contribution in [3.05, 3.63) is 22.6 Å². The van der Waals surface area contributed by atoms with Gasteiger partial charge in [-0.1, -0.05) is 0 Å². The van der Waals surface area contributed by atoms with Crippen molar-refractivity contribution >= 4 is 39.4 Å². The van der Waals surface area contributed by atoms with Crippen molar-refractivity contribution in [2.45, 2.75) is 43.8 Å². The van der Waals surface area contributed by atoms with Crippen LogP contribution >= 0.6 is 11.3 Å². The zero-order chi connectivity index (χ0) is 22.3. The lowest BCUT2D eigenvalue weighted by atomic mass is 10.1. The number of ether oxygens (including phenoxy) is 1. The van der Waals surface area contributed by atoms with Crippen LogP contribution in [0.5, 0.6) is 0 Å². The lowest BCUT2D eigenvalue weighted by molar-refractivity contribution is -0.136. The van der Waals surface area contributed by atoms with Gasteiger partial charge in [-0.05, 0) is 18.9 Å². The Morgan fingerprint density at radius 1 is 1.29 bits per heavy atom. The summed E-state index contributed by atoms with van der Waals surface area (Å²) in [5.74, 6) is -0.631. The number of piperidine rings is 1. The first-order chi connectivity index (χ1) is 14.7. The molecule has 2 aromatic heterocycles. The van der Waals surface area contributed by atoms with E-state index in [0.717, 1.165) is 30.2 Å². The van der Waals surface area contributed by atoms with Gasteiger partial charge in [0.25, 0.3) is 5.91 Å². The zero-order valence-electron chi connectivity index (χ0n) is 16.5. The van der Waals surface area contributed by atoms with Crippen molar-refractivity contribution in [2.75, 3.05) is 25.0 Å². The first-order valence-electron chi connectivity index (χ1n) is 9.75. The van der Waals surface area contributed by atoms with Gasteiger partial charge in [-0.15, -0.1) is 11.3 Å². The highest BCUT2D eigenvalue weighted by atomic mass is 32.1. The lowest BCUT2D eigenvalue weighted by Gasteiger charge is -2.35. The average molecular weight is 460 g/mol. The third-order valence-corrected chi connectivity index (χ3v) is 6.25. The number of amides is 2. The van der Waals surface area contributed by atoms with E-state index in [-0.39, 0.29) is 47.2 Å². The lowest BCUT2D eigenvalue weighted by Crippen LogP contribution is -2.48. The monoisotopic (exact) mass is 460 g/mol. The van der Waals surface area contributed by atoms with Gasteiger partial charge in [0.2, 0.25) is 0 Å². The van der Waals surface area contributed by atoms with Crippen molar-refractivity contribution in [1.29, 1.82) is 0 Å². The normalized spacial score (nSPS) is 21.8. The molecule has 31 heavy (non-hydrogen) atoms. The number of rotatable bonds is 4. The number of fused-ring (bicyclic) bond motifs is 1. The number of nitrogens with one attached hydrogen (secondary N) is 2. The van der Waals surface area contributed by atoms with E-state index in [9.17, 15) is 27.2 Å². The SMILES string of the molecule is CNC(=O)c1csc2c(C(F)(F)F)cc(N3CC[C@H](OC(=O)NC4CC4)[C@@H](F)C3)nc12. The highest BCUT2D eigenvalue weighted by Gasteiger charge is 2.38. The highest BCUT2D eigenvalue weighted by molar-refractivity contribution is 7.17. The Bertz CT molecular complexity index is 1010. The number of alkyl halides is 4. The second kappa shape index (κ2) is 8.13. The van der Waals surface area contributed by atoms with Gasteiger partial charge in [-0.3, -0.25) is 4.79 Å². The predicted molar refractivity (Wildman–Crippen MR) is 106 cm³/mol. The molecule has 168 valence electrons. The molecule has 2 aromatic rings. The van der Waals surface area contributed by atoms with Crippen LogP contribution in [0.15, 0.2) is 11.4 Å². The van der Waals surface area contributed by atoms with Crippen LogP contribution in [0, 0.1) is 0 Å². The Labute approximate surface area is 178 Å². The Morgan fingerprint density at radius 2 is 2.03 bits per heavy atom. The fourth-order valence-corrected chi connectivity index (χ4v) is 4.48. The van der Waals surface area contributed by atoms with Gasteiger partial charge in [0.05, 0.1) is 27.9 Å². The van der Waals surface area contributed by atoms with Crippen LogP contribution in [0.1, 0.15) is 35.2 Å². The van der Waals surface area contributed by atoms with E-state index < -0.39 is 36.0 Å². The van der Waals surface area contributed by atoms with Crippen LogP contribution in [-0.2, 0) is 10.9 Å². The summed E-state index contributed by atoms with van der Waals surface area (Å²) >= 11 is 0.784. The minimum atomic E-state index is -4.67. The summed E-state index contributed by atoms with van der Waals surface area (Å²) in [4.78, 5) is 29.5. The molecule has 1 aliphatic carbocycles. The molecule has 4 rings (SSSR count). The Hall–Kier alpha value is -2.63. The number of aromatic nitrogens is 1. The quantitative estimate of drug-likeness (QED) is 0.683. The molecule has 2 amide bonds. The largest absolute Gasteiger partial charge is 0.443 e.